The third kappa shape index (κ3) is 2.03. The van der Waals surface area contributed by atoms with Gasteiger partial charge in [-0.2, -0.15) is 0 Å². The van der Waals surface area contributed by atoms with Crippen LogP contribution in [0.3, 0.4) is 0 Å². The van der Waals surface area contributed by atoms with Crippen LogP contribution >= 0.6 is 0 Å². The predicted molar refractivity (Wildman–Crippen MR) is 78.5 cm³/mol. The van der Waals surface area contributed by atoms with Crippen LogP contribution in [-0.2, 0) is 0 Å². The van der Waals surface area contributed by atoms with Gasteiger partial charge in [0.15, 0.2) is 17.9 Å². The highest BCUT2D eigenvalue weighted by molar-refractivity contribution is 6.05. The fraction of sp³-hybridized carbons (Fsp3) is 0.118. The van der Waals surface area contributed by atoms with E-state index in [4.69, 9.17) is 0 Å². The third-order valence-corrected chi connectivity index (χ3v) is 3.63. The number of hydrogen-bond acceptors (Lipinski definition) is 1. The second-order valence-electron chi connectivity index (χ2n) is 5.14. The molecule has 0 spiro atoms. The standard InChI is InChI=1S/C17H13F2NO/c1-9-6-10(2)16-12(7-9)13(8-21)17(20-16)11-4-3-5-14(18)15(11)19/h3-8,20H,1-2H3. The number of nitrogens with one attached hydrogen (secondary N) is 1. The first-order valence-electron chi connectivity index (χ1n) is 6.55. The van der Waals surface area contributed by atoms with Gasteiger partial charge in [-0.1, -0.05) is 17.7 Å². The molecule has 0 saturated heterocycles. The lowest BCUT2D eigenvalue weighted by molar-refractivity contribution is 0.112. The first-order chi connectivity index (χ1) is 10.0. The van der Waals surface area contributed by atoms with E-state index in [1.165, 1.54) is 12.1 Å². The van der Waals surface area contributed by atoms with E-state index >= 15 is 0 Å². The van der Waals surface area contributed by atoms with Crippen molar-refractivity contribution in [2.75, 3.05) is 0 Å². The van der Waals surface area contributed by atoms with E-state index in [0.29, 0.717) is 17.5 Å². The van der Waals surface area contributed by atoms with Crippen LogP contribution in [0.25, 0.3) is 22.2 Å². The molecule has 1 aromatic heterocycles. The first kappa shape index (κ1) is 13.5. The number of hydrogen-bond donors (Lipinski definition) is 1. The molecule has 106 valence electrons. The minimum atomic E-state index is -0.957. The van der Waals surface area contributed by atoms with Crippen LogP contribution in [0.2, 0.25) is 0 Å². The second-order valence-corrected chi connectivity index (χ2v) is 5.14. The fourth-order valence-corrected chi connectivity index (χ4v) is 2.70. The molecule has 0 bridgehead atoms. The number of carbonyl (C=O) groups excluding carboxylic acids is 1. The lowest BCUT2D eigenvalue weighted by Gasteiger charge is -2.02. The summed E-state index contributed by atoms with van der Waals surface area (Å²) in [5, 5.41) is 0.723. The normalized spacial score (nSPS) is 11.0. The van der Waals surface area contributed by atoms with Crippen molar-refractivity contribution in [3.8, 4) is 11.3 Å². The molecule has 0 aliphatic rings. The van der Waals surface area contributed by atoms with Crippen LogP contribution in [0, 0.1) is 25.5 Å². The summed E-state index contributed by atoms with van der Waals surface area (Å²) in [6.45, 7) is 3.84. The van der Waals surface area contributed by atoms with Gasteiger partial charge in [-0.25, -0.2) is 8.78 Å². The average Bonchev–Trinajstić information content (AvgIpc) is 2.80. The van der Waals surface area contributed by atoms with E-state index in [2.05, 4.69) is 4.98 Å². The van der Waals surface area contributed by atoms with Crippen molar-refractivity contribution in [1.82, 2.24) is 4.98 Å². The maximum Gasteiger partial charge on any atom is 0.168 e. The fourth-order valence-electron chi connectivity index (χ4n) is 2.70. The minimum absolute atomic E-state index is 0.0605. The number of halogens is 2. The molecular weight excluding hydrogens is 272 g/mol. The Balaban J connectivity index is 2.40. The van der Waals surface area contributed by atoms with Gasteiger partial charge in [-0.15, -0.1) is 0 Å². The lowest BCUT2D eigenvalue weighted by Crippen LogP contribution is -1.92. The molecule has 0 saturated carbocycles. The molecule has 0 radical (unpaired) electrons. The summed E-state index contributed by atoms with van der Waals surface area (Å²) < 4.78 is 27.4. The molecule has 2 nitrogen and oxygen atoms in total. The first-order valence-corrected chi connectivity index (χ1v) is 6.55. The third-order valence-electron chi connectivity index (χ3n) is 3.63. The number of rotatable bonds is 2. The Labute approximate surface area is 120 Å². The summed E-state index contributed by atoms with van der Waals surface area (Å²) in [6, 6.07) is 7.77. The monoisotopic (exact) mass is 285 g/mol. The van der Waals surface area contributed by atoms with Gasteiger partial charge in [0.05, 0.1) is 5.69 Å². The minimum Gasteiger partial charge on any atom is -0.354 e. The molecule has 1 N–H and O–H groups in total. The Morgan fingerprint density at radius 2 is 1.90 bits per heavy atom. The smallest absolute Gasteiger partial charge is 0.168 e. The van der Waals surface area contributed by atoms with Crippen LogP contribution in [0.1, 0.15) is 21.5 Å². The molecule has 0 fully saturated rings. The molecule has 1 heterocycles. The van der Waals surface area contributed by atoms with Gasteiger partial charge in [0.25, 0.3) is 0 Å². The Bertz CT molecular complexity index is 865. The van der Waals surface area contributed by atoms with Crippen molar-refractivity contribution >= 4 is 17.2 Å². The van der Waals surface area contributed by atoms with Crippen molar-refractivity contribution in [2.45, 2.75) is 13.8 Å². The zero-order valence-electron chi connectivity index (χ0n) is 11.6. The summed E-state index contributed by atoms with van der Waals surface area (Å²) in [6.07, 6.45) is 0.678. The summed E-state index contributed by atoms with van der Waals surface area (Å²) in [4.78, 5) is 14.5. The van der Waals surface area contributed by atoms with Crippen LogP contribution in [0.5, 0.6) is 0 Å². The number of H-pyrrole nitrogens is 1. The lowest BCUT2D eigenvalue weighted by atomic mass is 10.0. The average molecular weight is 285 g/mol. The van der Waals surface area contributed by atoms with Crippen molar-refractivity contribution < 1.29 is 13.6 Å². The van der Waals surface area contributed by atoms with Crippen LogP contribution in [0.4, 0.5) is 8.78 Å². The van der Waals surface area contributed by atoms with E-state index in [1.54, 1.807) is 0 Å². The highest BCUT2D eigenvalue weighted by Crippen LogP contribution is 2.33. The van der Waals surface area contributed by atoms with Crippen molar-refractivity contribution in [3.05, 3.63) is 58.7 Å². The Hall–Kier alpha value is -2.49. The summed E-state index contributed by atoms with van der Waals surface area (Å²) in [5.41, 5.74) is 3.45. The number of carbonyl (C=O) groups is 1. The number of fused-ring (bicyclic) bond motifs is 1. The van der Waals surface area contributed by atoms with E-state index in [9.17, 15) is 13.6 Å². The molecule has 4 heteroatoms. The molecular formula is C17H13F2NO. The van der Waals surface area contributed by atoms with Gasteiger partial charge >= 0.3 is 0 Å². The number of aldehydes is 1. The molecule has 0 unspecified atom stereocenters. The van der Waals surface area contributed by atoms with E-state index in [0.717, 1.165) is 28.1 Å². The summed E-state index contributed by atoms with van der Waals surface area (Å²) in [5.74, 6) is -1.89. The zero-order chi connectivity index (χ0) is 15.1. The number of aryl methyl sites for hydroxylation is 2. The molecule has 0 aliphatic heterocycles. The van der Waals surface area contributed by atoms with Crippen molar-refractivity contribution in [2.24, 2.45) is 0 Å². The summed E-state index contributed by atoms with van der Waals surface area (Å²) >= 11 is 0. The van der Waals surface area contributed by atoms with Crippen LogP contribution < -0.4 is 0 Å². The second kappa shape index (κ2) is 4.81. The Kier molecular flexibility index (Phi) is 3.09. The van der Waals surface area contributed by atoms with E-state index in [-0.39, 0.29) is 5.56 Å². The van der Waals surface area contributed by atoms with Gasteiger partial charge < -0.3 is 4.98 Å². The SMILES string of the molecule is Cc1cc(C)c2[nH]c(-c3cccc(F)c3F)c(C=O)c2c1. The Morgan fingerprint density at radius 3 is 2.62 bits per heavy atom. The van der Waals surface area contributed by atoms with E-state index in [1.807, 2.05) is 26.0 Å². The highest BCUT2D eigenvalue weighted by atomic mass is 19.2. The van der Waals surface area contributed by atoms with Gasteiger partial charge in [0.2, 0.25) is 0 Å². The molecule has 0 aliphatic carbocycles. The van der Waals surface area contributed by atoms with Crippen molar-refractivity contribution in [3.63, 3.8) is 0 Å². The van der Waals surface area contributed by atoms with Gasteiger partial charge in [-0.05, 0) is 37.6 Å². The molecule has 0 amide bonds. The highest BCUT2D eigenvalue weighted by Gasteiger charge is 2.18. The molecule has 21 heavy (non-hydrogen) atoms. The maximum atomic E-state index is 14.0. The van der Waals surface area contributed by atoms with Gasteiger partial charge in [-0.3, -0.25) is 4.79 Å². The number of aromatic amines is 1. The van der Waals surface area contributed by atoms with E-state index < -0.39 is 11.6 Å². The molecule has 3 rings (SSSR count). The van der Waals surface area contributed by atoms with Gasteiger partial charge in [0, 0.05) is 22.0 Å². The largest absolute Gasteiger partial charge is 0.354 e. The predicted octanol–water partition coefficient (Wildman–Crippen LogP) is 4.54. The summed E-state index contributed by atoms with van der Waals surface area (Å²) in [7, 11) is 0. The van der Waals surface area contributed by atoms with Crippen LogP contribution in [-0.4, -0.2) is 11.3 Å². The zero-order valence-corrected chi connectivity index (χ0v) is 11.6. The van der Waals surface area contributed by atoms with Crippen molar-refractivity contribution in [1.29, 1.82) is 0 Å². The van der Waals surface area contributed by atoms with Gasteiger partial charge in [0.1, 0.15) is 0 Å². The van der Waals surface area contributed by atoms with Crippen LogP contribution in [0.15, 0.2) is 30.3 Å². The Morgan fingerprint density at radius 1 is 1.14 bits per heavy atom. The number of benzene rings is 2. The number of aromatic nitrogens is 1. The quantitative estimate of drug-likeness (QED) is 0.689. The molecule has 0 atom stereocenters. The molecule has 2 aromatic carbocycles. The maximum absolute atomic E-state index is 14.0. The molecule has 3 aromatic rings. The topological polar surface area (TPSA) is 32.9 Å².